The average molecular weight is 225 g/mol. The first kappa shape index (κ1) is 9.95. The number of thiazole rings is 1. The highest BCUT2D eigenvalue weighted by Crippen LogP contribution is 2.18. The van der Waals surface area contributed by atoms with E-state index in [1.165, 1.54) is 11.3 Å². The van der Waals surface area contributed by atoms with Crippen molar-refractivity contribution in [2.45, 2.75) is 0 Å². The fraction of sp³-hybridized carbons (Fsp3) is 0.500. The fourth-order valence-corrected chi connectivity index (χ4v) is 1.89. The summed E-state index contributed by atoms with van der Waals surface area (Å²) in [5.74, 6) is 0.636. The summed E-state index contributed by atoms with van der Waals surface area (Å²) in [5.41, 5.74) is 0. The van der Waals surface area contributed by atoms with E-state index in [2.05, 4.69) is 10.3 Å². The molecule has 0 spiro atoms. The second kappa shape index (κ2) is 4.79. The Balaban J connectivity index is 2.29. The quantitative estimate of drug-likeness (QED) is 0.845. The third-order valence-corrected chi connectivity index (χ3v) is 3.04. The number of halogens is 1. The Morgan fingerprint density at radius 3 is 3.08 bits per heavy atom. The van der Waals surface area contributed by atoms with Gasteiger partial charge in [0, 0.05) is 34.7 Å². The lowest BCUT2D eigenvalue weighted by atomic mass is 10.7. The maximum Gasteiger partial charge on any atom is 0.184 e. The standard InChI is InChI=1S/C6H9ClN2OS2/c1-12(10)3-2-8-6-9-5(7)4-11-6/h4H,2-3H2,1H3,(H,8,9). The van der Waals surface area contributed by atoms with Gasteiger partial charge in [0.15, 0.2) is 5.13 Å². The summed E-state index contributed by atoms with van der Waals surface area (Å²) in [6.07, 6.45) is 1.68. The lowest BCUT2D eigenvalue weighted by molar-refractivity contribution is 0.687. The molecule has 1 aromatic heterocycles. The first-order valence-electron chi connectivity index (χ1n) is 3.33. The van der Waals surface area contributed by atoms with Crippen LogP contribution in [0.1, 0.15) is 0 Å². The number of anilines is 1. The molecule has 0 fully saturated rings. The zero-order valence-electron chi connectivity index (χ0n) is 6.54. The molecule has 0 aliphatic heterocycles. The lowest BCUT2D eigenvalue weighted by Gasteiger charge is -1.98. The van der Waals surface area contributed by atoms with Crippen LogP contribution in [0.4, 0.5) is 5.13 Å². The van der Waals surface area contributed by atoms with Crippen LogP contribution in [0.25, 0.3) is 0 Å². The molecule has 0 amide bonds. The summed E-state index contributed by atoms with van der Waals surface area (Å²) in [5, 5.41) is 6.07. The second-order valence-electron chi connectivity index (χ2n) is 2.18. The van der Waals surface area contributed by atoms with Crippen molar-refractivity contribution in [3.8, 4) is 0 Å². The number of hydrogen-bond donors (Lipinski definition) is 1. The van der Waals surface area contributed by atoms with Crippen molar-refractivity contribution in [3.05, 3.63) is 10.5 Å². The minimum Gasteiger partial charge on any atom is -0.361 e. The number of rotatable bonds is 4. The molecule has 1 rings (SSSR count). The molecule has 0 radical (unpaired) electrons. The lowest BCUT2D eigenvalue weighted by Crippen LogP contribution is -2.09. The molecule has 3 nitrogen and oxygen atoms in total. The molecule has 0 saturated heterocycles. The minimum absolute atomic E-state index is 0.500. The Hall–Kier alpha value is -0.130. The van der Waals surface area contributed by atoms with Crippen LogP contribution in [-0.2, 0) is 10.8 Å². The molecule has 0 bridgehead atoms. The smallest absolute Gasteiger partial charge is 0.184 e. The normalized spacial score (nSPS) is 12.8. The van der Waals surface area contributed by atoms with E-state index >= 15 is 0 Å². The van der Waals surface area contributed by atoms with Gasteiger partial charge in [-0.05, 0) is 0 Å². The van der Waals surface area contributed by atoms with E-state index < -0.39 is 10.8 Å². The zero-order chi connectivity index (χ0) is 8.97. The van der Waals surface area contributed by atoms with Gasteiger partial charge in [0.25, 0.3) is 0 Å². The first-order chi connectivity index (χ1) is 5.68. The van der Waals surface area contributed by atoms with Crippen molar-refractivity contribution in [3.63, 3.8) is 0 Å². The van der Waals surface area contributed by atoms with E-state index in [4.69, 9.17) is 11.6 Å². The maximum atomic E-state index is 10.7. The maximum absolute atomic E-state index is 10.7. The van der Waals surface area contributed by atoms with Gasteiger partial charge < -0.3 is 5.32 Å². The summed E-state index contributed by atoms with van der Waals surface area (Å²) in [6.45, 7) is 0.674. The highest BCUT2D eigenvalue weighted by Gasteiger charge is 1.98. The molecule has 1 atom stereocenters. The summed E-state index contributed by atoms with van der Waals surface area (Å²) < 4.78 is 10.7. The molecule has 0 saturated carbocycles. The largest absolute Gasteiger partial charge is 0.361 e. The SMILES string of the molecule is CS(=O)CCNc1nc(Cl)cs1. The monoisotopic (exact) mass is 224 g/mol. The molecule has 6 heteroatoms. The second-order valence-corrected chi connectivity index (χ2v) is 4.98. The molecule has 0 aliphatic carbocycles. The third-order valence-electron chi connectivity index (χ3n) is 1.14. The van der Waals surface area contributed by atoms with E-state index in [1.54, 1.807) is 11.6 Å². The van der Waals surface area contributed by atoms with E-state index in [0.717, 1.165) is 5.13 Å². The fourth-order valence-electron chi connectivity index (χ4n) is 0.637. The van der Waals surface area contributed by atoms with Gasteiger partial charge in [-0.2, -0.15) is 0 Å². The van der Waals surface area contributed by atoms with E-state index in [-0.39, 0.29) is 0 Å². The topological polar surface area (TPSA) is 42.0 Å². The summed E-state index contributed by atoms with van der Waals surface area (Å²) in [4.78, 5) is 3.98. The van der Waals surface area contributed by atoms with Crippen LogP contribution in [-0.4, -0.2) is 27.7 Å². The van der Waals surface area contributed by atoms with Gasteiger partial charge in [0.2, 0.25) is 0 Å². The van der Waals surface area contributed by atoms with Crippen molar-refractivity contribution in [2.75, 3.05) is 23.9 Å². The van der Waals surface area contributed by atoms with Gasteiger partial charge in [-0.25, -0.2) is 4.98 Å². The van der Waals surface area contributed by atoms with Crippen LogP contribution in [0.3, 0.4) is 0 Å². The summed E-state index contributed by atoms with van der Waals surface area (Å²) in [7, 11) is -0.751. The summed E-state index contributed by atoms with van der Waals surface area (Å²) >= 11 is 7.05. The molecule has 1 aromatic rings. The summed E-state index contributed by atoms with van der Waals surface area (Å²) in [6, 6.07) is 0. The van der Waals surface area contributed by atoms with Gasteiger partial charge in [-0.15, -0.1) is 11.3 Å². The molecular formula is C6H9ClN2OS2. The first-order valence-corrected chi connectivity index (χ1v) is 6.32. The molecule has 0 aromatic carbocycles. The van der Waals surface area contributed by atoms with Crippen LogP contribution < -0.4 is 5.32 Å². The van der Waals surface area contributed by atoms with E-state index in [0.29, 0.717) is 17.5 Å². The predicted molar refractivity (Wildman–Crippen MR) is 54.5 cm³/mol. The third kappa shape index (κ3) is 3.51. The van der Waals surface area contributed by atoms with Crippen LogP contribution in [0.5, 0.6) is 0 Å². The van der Waals surface area contributed by atoms with Crippen molar-refractivity contribution in [1.82, 2.24) is 4.98 Å². The van der Waals surface area contributed by atoms with Crippen LogP contribution in [0.15, 0.2) is 5.38 Å². The van der Waals surface area contributed by atoms with Crippen molar-refractivity contribution in [2.24, 2.45) is 0 Å². The Labute approximate surface area is 82.6 Å². The Morgan fingerprint density at radius 2 is 2.58 bits per heavy atom. The molecule has 12 heavy (non-hydrogen) atoms. The Kier molecular flexibility index (Phi) is 3.97. The average Bonchev–Trinajstić information content (AvgIpc) is 2.35. The molecular weight excluding hydrogens is 216 g/mol. The number of nitrogens with zero attached hydrogens (tertiary/aromatic N) is 1. The van der Waals surface area contributed by atoms with Crippen molar-refractivity contribution >= 4 is 38.9 Å². The molecule has 1 heterocycles. The minimum atomic E-state index is -0.751. The van der Waals surface area contributed by atoms with E-state index in [1.807, 2.05) is 0 Å². The van der Waals surface area contributed by atoms with Crippen LogP contribution in [0.2, 0.25) is 5.15 Å². The molecule has 68 valence electrons. The Bertz CT molecular complexity index is 276. The number of hydrogen-bond acceptors (Lipinski definition) is 4. The molecule has 0 aliphatic rings. The molecule has 1 N–H and O–H groups in total. The molecule has 1 unspecified atom stereocenters. The zero-order valence-corrected chi connectivity index (χ0v) is 8.93. The van der Waals surface area contributed by atoms with Gasteiger partial charge in [-0.1, -0.05) is 11.6 Å². The highest BCUT2D eigenvalue weighted by molar-refractivity contribution is 7.84. The van der Waals surface area contributed by atoms with Gasteiger partial charge in [-0.3, -0.25) is 4.21 Å². The van der Waals surface area contributed by atoms with E-state index in [9.17, 15) is 4.21 Å². The number of aromatic nitrogens is 1. The van der Waals surface area contributed by atoms with Gasteiger partial charge >= 0.3 is 0 Å². The van der Waals surface area contributed by atoms with Gasteiger partial charge in [0.05, 0.1) is 0 Å². The predicted octanol–water partition coefficient (Wildman–Crippen LogP) is 1.59. The van der Waals surface area contributed by atoms with Crippen molar-refractivity contribution < 1.29 is 4.21 Å². The van der Waals surface area contributed by atoms with Crippen LogP contribution in [0, 0.1) is 0 Å². The van der Waals surface area contributed by atoms with Crippen LogP contribution >= 0.6 is 22.9 Å². The highest BCUT2D eigenvalue weighted by atomic mass is 35.5. The number of nitrogens with one attached hydrogen (secondary N) is 1. The van der Waals surface area contributed by atoms with Crippen molar-refractivity contribution in [1.29, 1.82) is 0 Å². The van der Waals surface area contributed by atoms with Gasteiger partial charge in [0.1, 0.15) is 5.15 Å². The Morgan fingerprint density at radius 1 is 1.83 bits per heavy atom.